The van der Waals surface area contributed by atoms with Crippen molar-refractivity contribution in [2.75, 3.05) is 12.8 Å². The molecule has 1 amide bonds. The molecule has 0 radical (unpaired) electrons. The minimum atomic E-state index is -3.40. The van der Waals surface area contributed by atoms with E-state index in [1.165, 1.54) is 4.31 Å². The van der Waals surface area contributed by atoms with Gasteiger partial charge in [-0.3, -0.25) is 4.79 Å². The Bertz CT molecular complexity index is 774. The molecule has 1 aromatic rings. The van der Waals surface area contributed by atoms with Crippen LogP contribution in [0.3, 0.4) is 0 Å². The number of rotatable bonds is 5. The summed E-state index contributed by atoms with van der Waals surface area (Å²) in [6.45, 7) is 0.377. The summed E-state index contributed by atoms with van der Waals surface area (Å²) in [7, 11) is -3.40. The molecule has 27 heavy (non-hydrogen) atoms. The second-order valence-electron chi connectivity index (χ2n) is 7.24. The van der Waals surface area contributed by atoms with Gasteiger partial charge < -0.3 is 10.1 Å². The summed E-state index contributed by atoms with van der Waals surface area (Å²) in [5, 5.41) is 2.94. The molecule has 0 bridgehead atoms. The summed E-state index contributed by atoms with van der Waals surface area (Å²) in [6, 6.07) is 2.41. The molecule has 0 aromatic heterocycles. The third kappa shape index (κ3) is 5.16. The van der Waals surface area contributed by atoms with E-state index in [2.05, 4.69) is 5.32 Å². The molecular formula is C18H24F2N2O4S. The highest BCUT2D eigenvalue weighted by Crippen LogP contribution is 2.26. The number of hydrogen-bond acceptors (Lipinski definition) is 4. The number of hydrogen-bond donors (Lipinski definition) is 1. The molecule has 150 valence electrons. The lowest BCUT2D eigenvalue weighted by Crippen LogP contribution is -2.49. The first kappa shape index (κ1) is 20.0. The molecule has 2 aliphatic rings. The van der Waals surface area contributed by atoms with Gasteiger partial charge in [0.1, 0.15) is 23.4 Å². The maximum atomic E-state index is 13.2. The van der Waals surface area contributed by atoms with Gasteiger partial charge in [-0.15, -0.1) is 0 Å². The zero-order chi connectivity index (χ0) is 19.6. The summed E-state index contributed by atoms with van der Waals surface area (Å²) < 4.78 is 56.9. The second kappa shape index (κ2) is 8.10. The van der Waals surface area contributed by atoms with Crippen LogP contribution in [-0.4, -0.2) is 49.6 Å². The van der Waals surface area contributed by atoms with Crippen LogP contribution in [0.5, 0.6) is 5.75 Å². The van der Waals surface area contributed by atoms with Gasteiger partial charge in [0, 0.05) is 30.8 Å². The zero-order valence-electron chi connectivity index (χ0n) is 15.2. The Balaban J connectivity index is 1.50. The highest BCUT2D eigenvalue weighted by Gasteiger charge is 2.37. The number of amides is 1. The van der Waals surface area contributed by atoms with Crippen LogP contribution in [0.25, 0.3) is 0 Å². The Hall–Kier alpha value is -1.74. The van der Waals surface area contributed by atoms with Crippen molar-refractivity contribution in [3.05, 3.63) is 29.8 Å². The van der Waals surface area contributed by atoms with Gasteiger partial charge in [-0.1, -0.05) is 0 Å². The maximum absolute atomic E-state index is 13.2. The van der Waals surface area contributed by atoms with E-state index in [0.29, 0.717) is 45.1 Å². The number of sulfonamides is 1. The van der Waals surface area contributed by atoms with Crippen LogP contribution in [-0.2, 0) is 14.8 Å². The normalized spacial score (nSPS) is 26.7. The monoisotopic (exact) mass is 402 g/mol. The van der Waals surface area contributed by atoms with Crippen molar-refractivity contribution in [1.82, 2.24) is 9.62 Å². The third-order valence-corrected chi connectivity index (χ3v) is 6.38. The highest BCUT2D eigenvalue weighted by molar-refractivity contribution is 7.88. The van der Waals surface area contributed by atoms with Gasteiger partial charge in [0.05, 0.1) is 12.4 Å². The van der Waals surface area contributed by atoms with Crippen LogP contribution in [0.4, 0.5) is 8.78 Å². The largest absolute Gasteiger partial charge is 0.490 e. The molecule has 1 heterocycles. The number of carbonyl (C=O) groups excluding carboxylic acids is 1. The van der Waals surface area contributed by atoms with E-state index in [0.717, 1.165) is 24.5 Å². The molecule has 1 atom stereocenters. The molecule has 9 heteroatoms. The first-order valence-corrected chi connectivity index (χ1v) is 11.0. The SMILES string of the molecule is CS(=O)(=O)N1CCC[C@H]1C(=O)NC1CCC(Oc2cc(F)cc(F)c2)CC1. The molecular weight excluding hydrogens is 378 g/mol. The van der Waals surface area contributed by atoms with Gasteiger partial charge in [-0.25, -0.2) is 17.2 Å². The van der Waals surface area contributed by atoms with Crippen LogP contribution in [0.15, 0.2) is 18.2 Å². The zero-order valence-corrected chi connectivity index (χ0v) is 16.0. The average molecular weight is 402 g/mol. The van der Waals surface area contributed by atoms with E-state index < -0.39 is 27.7 Å². The molecule has 1 N–H and O–H groups in total. The molecule has 1 aliphatic carbocycles. The van der Waals surface area contributed by atoms with Gasteiger partial charge in [0.2, 0.25) is 15.9 Å². The molecule has 2 fully saturated rings. The number of benzene rings is 1. The van der Waals surface area contributed by atoms with Crippen LogP contribution in [0.1, 0.15) is 38.5 Å². The van der Waals surface area contributed by atoms with E-state index in [-0.39, 0.29) is 23.8 Å². The van der Waals surface area contributed by atoms with Crippen molar-refractivity contribution < 1.29 is 26.7 Å². The van der Waals surface area contributed by atoms with Crippen molar-refractivity contribution in [2.45, 2.75) is 56.7 Å². The predicted molar refractivity (Wildman–Crippen MR) is 95.7 cm³/mol. The van der Waals surface area contributed by atoms with E-state index in [1.807, 2.05) is 0 Å². The fourth-order valence-electron chi connectivity index (χ4n) is 3.81. The van der Waals surface area contributed by atoms with Crippen LogP contribution in [0.2, 0.25) is 0 Å². The van der Waals surface area contributed by atoms with Crippen LogP contribution >= 0.6 is 0 Å². The number of carbonyl (C=O) groups is 1. The Kier molecular flexibility index (Phi) is 6.00. The first-order chi connectivity index (χ1) is 12.7. The molecule has 1 aromatic carbocycles. The Morgan fingerprint density at radius 3 is 2.33 bits per heavy atom. The molecule has 6 nitrogen and oxygen atoms in total. The van der Waals surface area contributed by atoms with Crippen LogP contribution < -0.4 is 10.1 Å². The molecule has 0 unspecified atom stereocenters. The molecule has 1 aliphatic heterocycles. The van der Waals surface area contributed by atoms with Crippen molar-refractivity contribution in [3.63, 3.8) is 0 Å². The highest BCUT2D eigenvalue weighted by atomic mass is 32.2. The molecule has 0 spiro atoms. The van der Waals surface area contributed by atoms with Gasteiger partial charge in [0.25, 0.3) is 0 Å². The molecule has 1 saturated heterocycles. The van der Waals surface area contributed by atoms with Crippen molar-refractivity contribution in [1.29, 1.82) is 0 Å². The number of nitrogens with one attached hydrogen (secondary N) is 1. The number of ether oxygens (including phenoxy) is 1. The lowest BCUT2D eigenvalue weighted by molar-refractivity contribution is -0.125. The van der Waals surface area contributed by atoms with E-state index in [4.69, 9.17) is 4.74 Å². The average Bonchev–Trinajstić information content (AvgIpc) is 3.06. The fraction of sp³-hybridized carbons (Fsp3) is 0.611. The summed E-state index contributed by atoms with van der Waals surface area (Å²) in [6.07, 6.45) is 4.78. The van der Waals surface area contributed by atoms with Crippen molar-refractivity contribution >= 4 is 15.9 Å². The standard InChI is InChI=1S/C18H24F2N2O4S/c1-27(24,25)22-8-2-3-17(22)18(23)21-14-4-6-15(7-5-14)26-16-10-12(19)9-13(20)11-16/h9-11,14-15,17H,2-8H2,1H3,(H,21,23)/t14?,15?,17-/m0/s1. The predicted octanol–water partition coefficient (Wildman–Crippen LogP) is 2.20. The Morgan fingerprint density at radius 2 is 1.74 bits per heavy atom. The summed E-state index contributed by atoms with van der Waals surface area (Å²) in [5.74, 6) is -1.46. The lowest BCUT2D eigenvalue weighted by atomic mass is 9.92. The first-order valence-electron chi connectivity index (χ1n) is 9.12. The topological polar surface area (TPSA) is 75.7 Å². The Labute approximate surface area is 157 Å². The van der Waals surface area contributed by atoms with Gasteiger partial charge in [0.15, 0.2) is 0 Å². The molecule has 3 rings (SSSR count). The molecule has 1 saturated carbocycles. The van der Waals surface area contributed by atoms with E-state index in [9.17, 15) is 22.0 Å². The quantitative estimate of drug-likeness (QED) is 0.819. The van der Waals surface area contributed by atoms with E-state index in [1.54, 1.807) is 0 Å². The van der Waals surface area contributed by atoms with Crippen LogP contribution in [0, 0.1) is 11.6 Å². The summed E-state index contributed by atoms with van der Waals surface area (Å²) in [4.78, 5) is 12.5. The van der Waals surface area contributed by atoms with Crippen molar-refractivity contribution in [2.24, 2.45) is 0 Å². The second-order valence-corrected chi connectivity index (χ2v) is 9.17. The van der Waals surface area contributed by atoms with Gasteiger partial charge in [-0.05, 0) is 38.5 Å². The summed E-state index contributed by atoms with van der Waals surface area (Å²) in [5.41, 5.74) is 0. The third-order valence-electron chi connectivity index (χ3n) is 5.09. The lowest BCUT2D eigenvalue weighted by Gasteiger charge is -2.31. The number of halogens is 2. The van der Waals surface area contributed by atoms with Crippen molar-refractivity contribution in [3.8, 4) is 5.75 Å². The maximum Gasteiger partial charge on any atom is 0.238 e. The van der Waals surface area contributed by atoms with E-state index >= 15 is 0 Å². The minimum absolute atomic E-state index is 0.0522. The fourth-order valence-corrected chi connectivity index (χ4v) is 4.93. The minimum Gasteiger partial charge on any atom is -0.490 e. The smallest absolute Gasteiger partial charge is 0.238 e. The van der Waals surface area contributed by atoms with Gasteiger partial charge >= 0.3 is 0 Å². The number of nitrogens with zero attached hydrogens (tertiary/aromatic N) is 1. The Morgan fingerprint density at radius 1 is 1.11 bits per heavy atom. The summed E-state index contributed by atoms with van der Waals surface area (Å²) >= 11 is 0. The van der Waals surface area contributed by atoms with Gasteiger partial charge in [-0.2, -0.15) is 4.31 Å².